The lowest BCUT2D eigenvalue weighted by Crippen LogP contribution is -2.01. The highest BCUT2D eigenvalue weighted by Gasteiger charge is 2.28. The van der Waals surface area contributed by atoms with Crippen LogP contribution in [-0.2, 0) is 17.6 Å². The van der Waals surface area contributed by atoms with Gasteiger partial charge in [-0.1, -0.05) is 24.3 Å². The predicted molar refractivity (Wildman–Crippen MR) is 62.2 cm³/mol. The molecule has 5 nitrogen and oxygen atoms in total. The van der Waals surface area contributed by atoms with Crippen molar-refractivity contribution in [3.8, 4) is 0 Å². The Morgan fingerprint density at radius 2 is 1.94 bits per heavy atom. The first-order valence-electron chi connectivity index (χ1n) is 5.76. The summed E-state index contributed by atoms with van der Waals surface area (Å²) < 4.78 is 9.89. The van der Waals surface area contributed by atoms with Crippen LogP contribution in [0.3, 0.4) is 0 Å². The molecule has 5 heteroatoms. The van der Waals surface area contributed by atoms with Gasteiger partial charge in [0.1, 0.15) is 0 Å². The van der Waals surface area contributed by atoms with Gasteiger partial charge < -0.3 is 9.15 Å². The highest BCUT2D eigenvalue weighted by atomic mass is 16.5. The van der Waals surface area contributed by atoms with Crippen LogP contribution in [-0.4, -0.2) is 23.3 Å². The molecule has 0 aliphatic heterocycles. The number of methoxy groups -OCH3 is 1. The van der Waals surface area contributed by atoms with Gasteiger partial charge in [0.2, 0.25) is 5.89 Å². The lowest BCUT2D eigenvalue weighted by Gasteiger charge is -2.00. The Bertz CT molecular complexity index is 566. The lowest BCUT2D eigenvalue weighted by atomic mass is 10.1. The minimum Gasteiger partial charge on any atom is -0.462 e. The molecule has 0 fully saturated rings. The summed E-state index contributed by atoms with van der Waals surface area (Å²) in [5, 5.41) is 7.64. The average Bonchev–Trinajstić information content (AvgIpc) is 3.03. The number of aromatic nitrogens is 2. The van der Waals surface area contributed by atoms with Crippen LogP contribution in [0.1, 0.15) is 33.6 Å². The van der Waals surface area contributed by atoms with Crippen molar-refractivity contribution in [2.24, 2.45) is 0 Å². The largest absolute Gasteiger partial charge is 0.462 e. The van der Waals surface area contributed by atoms with Crippen LogP contribution < -0.4 is 0 Å². The zero-order chi connectivity index (χ0) is 12.5. The topological polar surface area (TPSA) is 65.2 Å². The molecule has 0 unspecified atom stereocenters. The summed E-state index contributed by atoms with van der Waals surface area (Å²) in [7, 11) is 1.29. The molecule has 0 atom stereocenters. The maximum absolute atomic E-state index is 11.2. The van der Waals surface area contributed by atoms with E-state index in [1.54, 1.807) is 0 Å². The van der Waals surface area contributed by atoms with Crippen LogP contribution in [0.5, 0.6) is 0 Å². The van der Waals surface area contributed by atoms with Crippen molar-refractivity contribution in [1.29, 1.82) is 0 Å². The number of carbonyl (C=O) groups excluding carboxylic acids is 1. The van der Waals surface area contributed by atoms with Crippen molar-refractivity contribution in [3.63, 3.8) is 0 Å². The molecule has 1 aliphatic rings. The highest BCUT2D eigenvalue weighted by molar-refractivity contribution is 5.83. The minimum atomic E-state index is -0.593. The average molecular weight is 244 g/mol. The number of carbonyl (C=O) groups is 1. The third-order valence-corrected chi connectivity index (χ3v) is 3.20. The van der Waals surface area contributed by atoms with Gasteiger partial charge in [0, 0.05) is 5.92 Å². The zero-order valence-corrected chi connectivity index (χ0v) is 9.92. The van der Waals surface area contributed by atoms with E-state index in [2.05, 4.69) is 27.1 Å². The van der Waals surface area contributed by atoms with E-state index in [0.29, 0.717) is 5.89 Å². The van der Waals surface area contributed by atoms with Crippen molar-refractivity contribution in [1.82, 2.24) is 10.2 Å². The van der Waals surface area contributed by atoms with Crippen LogP contribution >= 0.6 is 0 Å². The smallest absolute Gasteiger partial charge is 0.396 e. The molecule has 0 saturated carbocycles. The van der Waals surface area contributed by atoms with Gasteiger partial charge >= 0.3 is 11.9 Å². The van der Waals surface area contributed by atoms with Gasteiger partial charge in [-0.15, -0.1) is 10.2 Å². The van der Waals surface area contributed by atoms with E-state index in [9.17, 15) is 4.79 Å². The van der Waals surface area contributed by atoms with Crippen molar-refractivity contribution < 1.29 is 13.9 Å². The molecule has 0 N–H and O–H groups in total. The Morgan fingerprint density at radius 1 is 1.28 bits per heavy atom. The summed E-state index contributed by atoms with van der Waals surface area (Å²) in [6.07, 6.45) is 1.75. The molecule has 2 aromatic rings. The number of ether oxygens (including phenoxy) is 1. The number of fused-ring (bicyclic) bond motifs is 1. The molecule has 18 heavy (non-hydrogen) atoms. The number of esters is 1. The number of hydrogen-bond acceptors (Lipinski definition) is 5. The number of nitrogens with zero attached hydrogens (tertiary/aromatic N) is 2. The van der Waals surface area contributed by atoms with E-state index in [-0.39, 0.29) is 11.8 Å². The Balaban J connectivity index is 1.82. The van der Waals surface area contributed by atoms with Crippen LogP contribution in [0, 0.1) is 0 Å². The first-order chi connectivity index (χ1) is 8.78. The van der Waals surface area contributed by atoms with E-state index in [1.807, 2.05) is 12.1 Å². The third kappa shape index (κ3) is 1.77. The van der Waals surface area contributed by atoms with E-state index >= 15 is 0 Å². The summed E-state index contributed by atoms with van der Waals surface area (Å²) in [6.45, 7) is 0. The second-order valence-corrected chi connectivity index (χ2v) is 4.31. The highest BCUT2D eigenvalue weighted by Crippen LogP contribution is 2.32. The van der Waals surface area contributed by atoms with E-state index < -0.39 is 5.97 Å². The van der Waals surface area contributed by atoms with Gasteiger partial charge in [0.05, 0.1) is 7.11 Å². The van der Waals surface area contributed by atoms with Crippen molar-refractivity contribution >= 4 is 5.97 Å². The second kappa shape index (κ2) is 4.25. The van der Waals surface area contributed by atoms with Crippen LogP contribution in [0.2, 0.25) is 0 Å². The number of rotatable bonds is 2. The maximum Gasteiger partial charge on any atom is 0.396 e. The zero-order valence-electron chi connectivity index (χ0n) is 9.92. The van der Waals surface area contributed by atoms with Crippen molar-refractivity contribution in [2.75, 3.05) is 7.11 Å². The molecule has 1 aromatic carbocycles. The molecule has 0 amide bonds. The van der Waals surface area contributed by atoms with E-state index in [4.69, 9.17) is 4.42 Å². The van der Waals surface area contributed by atoms with Crippen LogP contribution in [0.15, 0.2) is 28.7 Å². The molecule has 1 heterocycles. The quantitative estimate of drug-likeness (QED) is 0.753. The summed E-state index contributed by atoms with van der Waals surface area (Å²) in [4.78, 5) is 11.2. The summed E-state index contributed by atoms with van der Waals surface area (Å²) in [6, 6.07) is 8.25. The second-order valence-electron chi connectivity index (χ2n) is 4.31. The fourth-order valence-corrected chi connectivity index (χ4v) is 2.30. The number of benzene rings is 1. The maximum atomic E-state index is 11.2. The molecule has 0 saturated heterocycles. The molecular weight excluding hydrogens is 232 g/mol. The minimum absolute atomic E-state index is 0.0801. The first-order valence-corrected chi connectivity index (χ1v) is 5.76. The summed E-state index contributed by atoms with van der Waals surface area (Å²) >= 11 is 0. The van der Waals surface area contributed by atoms with Crippen molar-refractivity contribution in [2.45, 2.75) is 18.8 Å². The third-order valence-electron chi connectivity index (χ3n) is 3.20. The summed E-state index contributed by atoms with van der Waals surface area (Å²) in [5.74, 6) is -0.00683. The Morgan fingerprint density at radius 3 is 2.56 bits per heavy atom. The molecule has 92 valence electrons. The van der Waals surface area contributed by atoms with Gasteiger partial charge in [-0.25, -0.2) is 4.79 Å². The van der Waals surface area contributed by atoms with Crippen LogP contribution in [0.25, 0.3) is 0 Å². The van der Waals surface area contributed by atoms with Gasteiger partial charge in [-0.05, 0) is 24.0 Å². The van der Waals surface area contributed by atoms with Gasteiger partial charge in [-0.3, -0.25) is 0 Å². The van der Waals surface area contributed by atoms with Gasteiger partial charge in [0.25, 0.3) is 0 Å². The molecule has 0 radical (unpaired) electrons. The van der Waals surface area contributed by atoms with E-state index in [1.165, 1.54) is 18.2 Å². The monoisotopic (exact) mass is 244 g/mol. The predicted octanol–water partition coefficient (Wildman–Crippen LogP) is 1.74. The SMILES string of the molecule is COC(=O)c1nnc(C2Cc3ccccc3C2)o1. The van der Waals surface area contributed by atoms with Gasteiger partial charge in [0.15, 0.2) is 0 Å². The summed E-state index contributed by atoms with van der Waals surface area (Å²) in [5.41, 5.74) is 2.61. The molecular formula is C13H12N2O3. The normalized spacial score (nSPS) is 14.5. The Hall–Kier alpha value is -2.17. The molecule has 0 bridgehead atoms. The van der Waals surface area contributed by atoms with Crippen LogP contribution in [0.4, 0.5) is 0 Å². The number of hydrogen-bond donors (Lipinski definition) is 0. The fraction of sp³-hybridized carbons (Fsp3) is 0.308. The molecule has 1 aliphatic carbocycles. The standard InChI is InChI=1S/C13H12N2O3/c1-17-13(16)12-15-14-11(18-12)10-6-8-4-2-3-5-9(8)7-10/h2-5,10H,6-7H2,1H3. The van der Waals surface area contributed by atoms with E-state index in [0.717, 1.165) is 12.8 Å². The fourth-order valence-electron chi connectivity index (χ4n) is 2.30. The molecule has 1 aromatic heterocycles. The lowest BCUT2D eigenvalue weighted by molar-refractivity contribution is 0.0553. The molecule has 0 spiro atoms. The van der Waals surface area contributed by atoms with Crippen molar-refractivity contribution in [3.05, 3.63) is 47.2 Å². The first kappa shape index (κ1) is 11.0. The Labute approximate surface area is 104 Å². The van der Waals surface area contributed by atoms with Gasteiger partial charge in [-0.2, -0.15) is 0 Å². The Kier molecular flexibility index (Phi) is 2.59. The molecule has 3 rings (SSSR count).